The van der Waals surface area contributed by atoms with Gasteiger partial charge in [0, 0.05) is 6.04 Å². The number of carbonyl (C=O) groups is 2. The zero-order chi connectivity index (χ0) is 18.1. The van der Waals surface area contributed by atoms with Crippen molar-refractivity contribution >= 4 is 11.9 Å². The number of aliphatic carboxylic acids is 1. The molecule has 0 aromatic rings. The van der Waals surface area contributed by atoms with Crippen LogP contribution in [0.4, 0.5) is 0 Å². The van der Waals surface area contributed by atoms with E-state index in [4.69, 9.17) is 4.74 Å². The van der Waals surface area contributed by atoms with Gasteiger partial charge in [0.05, 0.1) is 18.6 Å². The second kappa shape index (κ2) is 7.34. The van der Waals surface area contributed by atoms with E-state index in [0.717, 1.165) is 25.7 Å². The summed E-state index contributed by atoms with van der Waals surface area (Å²) in [4.78, 5) is 26.9. The third-order valence-corrected chi connectivity index (χ3v) is 6.93. The molecule has 4 atom stereocenters. The molecule has 144 valence electrons. The number of hydrogen-bond donors (Lipinski definition) is 1. The molecule has 2 saturated heterocycles. The number of rotatable bonds is 2. The van der Waals surface area contributed by atoms with E-state index in [1.165, 1.54) is 44.9 Å². The fourth-order valence-corrected chi connectivity index (χ4v) is 5.57. The second-order valence-corrected chi connectivity index (χ2v) is 8.62. The fourth-order valence-electron chi connectivity index (χ4n) is 5.57. The van der Waals surface area contributed by atoms with E-state index in [9.17, 15) is 14.7 Å². The van der Waals surface area contributed by atoms with Gasteiger partial charge in [0.2, 0.25) is 5.91 Å². The summed E-state index contributed by atoms with van der Waals surface area (Å²) >= 11 is 0. The third kappa shape index (κ3) is 3.08. The molecule has 5 heteroatoms. The Bertz CT molecular complexity index is 577. The lowest BCUT2D eigenvalue weighted by molar-refractivity contribution is -0.148. The van der Waals surface area contributed by atoms with Crippen LogP contribution in [-0.4, -0.2) is 46.2 Å². The number of likely N-dealkylation sites (tertiary alicyclic amines) is 1. The van der Waals surface area contributed by atoms with Gasteiger partial charge in [-0.2, -0.15) is 0 Å². The van der Waals surface area contributed by atoms with E-state index in [1.54, 1.807) is 0 Å². The number of nitrogens with zero attached hydrogens (tertiary/aromatic N) is 1. The molecule has 1 saturated carbocycles. The lowest BCUT2D eigenvalue weighted by atomic mass is 9.77. The van der Waals surface area contributed by atoms with E-state index in [1.807, 2.05) is 17.1 Å². The Morgan fingerprint density at radius 1 is 1.04 bits per heavy atom. The van der Waals surface area contributed by atoms with Crippen molar-refractivity contribution in [2.24, 2.45) is 11.8 Å². The molecule has 1 aliphatic carbocycles. The minimum atomic E-state index is -0.903. The molecule has 4 aliphatic rings. The van der Waals surface area contributed by atoms with E-state index in [0.29, 0.717) is 6.54 Å². The predicted molar refractivity (Wildman–Crippen MR) is 97.6 cm³/mol. The molecule has 4 unspecified atom stereocenters. The number of amides is 1. The molecular weight excluding hydrogens is 330 g/mol. The Balaban J connectivity index is 1.49. The number of fused-ring (bicyclic) bond motifs is 1. The molecule has 3 heterocycles. The van der Waals surface area contributed by atoms with Crippen LogP contribution in [0.3, 0.4) is 0 Å². The minimum absolute atomic E-state index is 0.0151. The number of carbonyl (C=O) groups excluding carboxylic acids is 1. The lowest BCUT2D eigenvalue weighted by Crippen LogP contribution is -2.41. The summed E-state index contributed by atoms with van der Waals surface area (Å²) in [7, 11) is 0. The first kappa shape index (κ1) is 18.0. The Morgan fingerprint density at radius 3 is 2.19 bits per heavy atom. The summed E-state index contributed by atoms with van der Waals surface area (Å²) in [5, 5.41) is 9.62. The average molecular weight is 361 g/mol. The van der Waals surface area contributed by atoms with Gasteiger partial charge in [0.15, 0.2) is 0 Å². The van der Waals surface area contributed by atoms with Crippen molar-refractivity contribution in [1.82, 2.24) is 4.90 Å². The largest absolute Gasteiger partial charge is 0.481 e. The van der Waals surface area contributed by atoms with Gasteiger partial charge < -0.3 is 14.7 Å². The van der Waals surface area contributed by atoms with Gasteiger partial charge in [-0.15, -0.1) is 0 Å². The molecule has 5 nitrogen and oxygen atoms in total. The van der Waals surface area contributed by atoms with Crippen molar-refractivity contribution in [2.75, 3.05) is 6.54 Å². The molecule has 26 heavy (non-hydrogen) atoms. The van der Waals surface area contributed by atoms with Gasteiger partial charge in [-0.25, -0.2) is 0 Å². The maximum absolute atomic E-state index is 13.2. The highest BCUT2D eigenvalue weighted by atomic mass is 16.5. The van der Waals surface area contributed by atoms with Crippen LogP contribution in [0.2, 0.25) is 0 Å². The second-order valence-electron chi connectivity index (χ2n) is 8.62. The van der Waals surface area contributed by atoms with E-state index in [2.05, 4.69) is 0 Å². The Hall–Kier alpha value is -1.36. The number of ether oxygens (including phenoxy) is 1. The van der Waals surface area contributed by atoms with Crippen LogP contribution in [-0.2, 0) is 14.3 Å². The summed E-state index contributed by atoms with van der Waals surface area (Å²) in [5.41, 5.74) is -0.686. The van der Waals surface area contributed by atoms with Gasteiger partial charge in [0.1, 0.15) is 11.5 Å². The summed E-state index contributed by atoms with van der Waals surface area (Å²) < 4.78 is 6.03. The summed E-state index contributed by atoms with van der Waals surface area (Å²) in [6, 6.07) is 0.243. The normalized spacial score (nSPS) is 38.8. The molecule has 0 aromatic heterocycles. The van der Waals surface area contributed by atoms with Crippen LogP contribution in [0.1, 0.15) is 70.6 Å². The van der Waals surface area contributed by atoms with Crippen LogP contribution >= 0.6 is 0 Å². The van der Waals surface area contributed by atoms with Crippen LogP contribution in [0, 0.1) is 11.8 Å². The van der Waals surface area contributed by atoms with Crippen LogP contribution in [0.5, 0.6) is 0 Å². The first-order chi connectivity index (χ1) is 12.6. The molecular formula is C21H31NO4. The minimum Gasteiger partial charge on any atom is -0.481 e. The highest BCUT2D eigenvalue weighted by Crippen LogP contribution is 2.52. The number of carboxylic acid groups (broad SMARTS) is 1. The predicted octanol–water partition coefficient (Wildman–Crippen LogP) is 3.53. The molecule has 1 amide bonds. The average Bonchev–Trinajstić information content (AvgIpc) is 3.24. The van der Waals surface area contributed by atoms with Gasteiger partial charge in [-0.1, -0.05) is 69.9 Å². The highest BCUT2D eigenvalue weighted by Gasteiger charge is 2.67. The van der Waals surface area contributed by atoms with Gasteiger partial charge >= 0.3 is 5.97 Å². The maximum Gasteiger partial charge on any atom is 0.310 e. The van der Waals surface area contributed by atoms with Crippen molar-refractivity contribution in [3.63, 3.8) is 0 Å². The van der Waals surface area contributed by atoms with Crippen LogP contribution in [0.25, 0.3) is 0 Å². The van der Waals surface area contributed by atoms with Crippen molar-refractivity contribution in [3.8, 4) is 0 Å². The smallest absolute Gasteiger partial charge is 0.310 e. The summed E-state index contributed by atoms with van der Waals surface area (Å²) in [5.74, 6) is -2.14. The number of hydrogen-bond acceptors (Lipinski definition) is 3. The van der Waals surface area contributed by atoms with Crippen LogP contribution < -0.4 is 0 Å². The molecule has 1 spiro atoms. The molecule has 4 rings (SSSR count). The zero-order valence-electron chi connectivity index (χ0n) is 15.6. The maximum atomic E-state index is 13.2. The van der Waals surface area contributed by atoms with Crippen molar-refractivity contribution in [1.29, 1.82) is 0 Å². The Kier molecular flexibility index (Phi) is 5.09. The third-order valence-electron chi connectivity index (χ3n) is 6.93. The molecule has 3 fully saturated rings. The zero-order valence-corrected chi connectivity index (χ0v) is 15.6. The molecule has 3 aliphatic heterocycles. The Labute approximate surface area is 155 Å². The Morgan fingerprint density at radius 2 is 1.62 bits per heavy atom. The topological polar surface area (TPSA) is 66.8 Å². The van der Waals surface area contributed by atoms with Crippen molar-refractivity contribution < 1.29 is 19.4 Å². The van der Waals surface area contributed by atoms with Crippen molar-refractivity contribution in [2.45, 2.75) is 88.4 Å². The SMILES string of the molecule is O=C(O)C1C2C=CC3(CN(C4CCCCCCCCCCC4)C(=O)C13)O2. The highest BCUT2D eigenvalue weighted by molar-refractivity contribution is 5.91. The first-order valence-electron chi connectivity index (χ1n) is 10.5. The van der Waals surface area contributed by atoms with Crippen LogP contribution in [0.15, 0.2) is 12.2 Å². The first-order valence-corrected chi connectivity index (χ1v) is 10.5. The van der Waals surface area contributed by atoms with Gasteiger partial charge in [-0.05, 0) is 12.8 Å². The van der Waals surface area contributed by atoms with E-state index >= 15 is 0 Å². The fraction of sp³-hybridized carbons (Fsp3) is 0.810. The summed E-state index contributed by atoms with van der Waals surface area (Å²) in [6.45, 7) is 0.540. The molecule has 0 radical (unpaired) electrons. The number of carboxylic acids is 1. The molecule has 0 aromatic carbocycles. The van der Waals surface area contributed by atoms with Gasteiger partial charge in [-0.3, -0.25) is 9.59 Å². The van der Waals surface area contributed by atoms with Gasteiger partial charge in [0.25, 0.3) is 0 Å². The monoisotopic (exact) mass is 361 g/mol. The quantitative estimate of drug-likeness (QED) is 0.764. The lowest BCUT2D eigenvalue weighted by Gasteiger charge is -2.30. The summed E-state index contributed by atoms with van der Waals surface area (Å²) in [6.07, 6.45) is 16.9. The standard InChI is InChI=1S/C21H31NO4/c23-19-18-17(20(24)25)16-12-13-21(18,26-16)14-22(19)15-10-8-6-4-2-1-3-5-7-9-11-15/h12-13,15-18H,1-11,14H2,(H,24,25). The van der Waals surface area contributed by atoms with E-state index in [-0.39, 0.29) is 11.9 Å². The van der Waals surface area contributed by atoms with E-state index < -0.39 is 29.5 Å². The molecule has 2 bridgehead atoms. The molecule has 1 N–H and O–H groups in total. The van der Waals surface area contributed by atoms with Crippen molar-refractivity contribution in [3.05, 3.63) is 12.2 Å².